The topological polar surface area (TPSA) is 65.1 Å². The SMILES string of the molecule is COc1ccc(CN2CC(COCc3ccccc3)OCS2(=O)=O)cc1. The number of rotatable bonds is 7. The summed E-state index contributed by atoms with van der Waals surface area (Å²) in [5.41, 5.74) is 1.98. The first kappa shape index (κ1) is 18.8. The molecule has 0 spiro atoms. The van der Waals surface area contributed by atoms with E-state index in [0.29, 0.717) is 19.8 Å². The molecule has 0 saturated carbocycles. The normalized spacial score (nSPS) is 20.0. The van der Waals surface area contributed by atoms with Crippen LogP contribution in [0.1, 0.15) is 11.1 Å². The molecule has 1 atom stereocenters. The van der Waals surface area contributed by atoms with Gasteiger partial charge in [0.05, 0.1) is 26.4 Å². The first-order valence-corrected chi connectivity index (χ1v) is 10.0. The summed E-state index contributed by atoms with van der Waals surface area (Å²) in [7, 11) is -1.82. The van der Waals surface area contributed by atoms with Crippen LogP contribution in [0.3, 0.4) is 0 Å². The highest BCUT2D eigenvalue weighted by Gasteiger charge is 2.32. The van der Waals surface area contributed by atoms with Gasteiger partial charge >= 0.3 is 0 Å². The van der Waals surface area contributed by atoms with E-state index >= 15 is 0 Å². The van der Waals surface area contributed by atoms with Crippen molar-refractivity contribution in [1.82, 2.24) is 4.31 Å². The van der Waals surface area contributed by atoms with E-state index < -0.39 is 10.0 Å². The molecule has 1 aliphatic rings. The molecule has 0 amide bonds. The number of benzene rings is 2. The Morgan fingerprint density at radius 3 is 2.50 bits per heavy atom. The molecule has 0 radical (unpaired) electrons. The summed E-state index contributed by atoms with van der Waals surface area (Å²) in [6, 6.07) is 17.2. The number of hydrogen-bond donors (Lipinski definition) is 0. The lowest BCUT2D eigenvalue weighted by molar-refractivity contribution is -0.0253. The standard InChI is InChI=1S/C19H23NO5S/c1-23-18-9-7-16(8-10-18)11-20-12-19(25-15-26(20,21)22)14-24-13-17-5-3-2-4-6-17/h2-10,19H,11-15H2,1H3. The van der Waals surface area contributed by atoms with E-state index in [9.17, 15) is 8.42 Å². The van der Waals surface area contributed by atoms with E-state index in [2.05, 4.69) is 0 Å². The third-order valence-corrected chi connectivity index (χ3v) is 5.69. The largest absolute Gasteiger partial charge is 0.497 e. The molecule has 1 aliphatic heterocycles. The second-order valence-electron chi connectivity index (χ2n) is 6.16. The second-order valence-corrected chi connectivity index (χ2v) is 8.08. The Morgan fingerprint density at radius 2 is 1.81 bits per heavy atom. The predicted molar refractivity (Wildman–Crippen MR) is 98.2 cm³/mol. The Balaban J connectivity index is 1.55. The van der Waals surface area contributed by atoms with Crippen LogP contribution in [0.5, 0.6) is 5.75 Å². The van der Waals surface area contributed by atoms with E-state index in [1.54, 1.807) is 7.11 Å². The Bertz CT molecular complexity index is 792. The molecule has 1 heterocycles. The van der Waals surface area contributed by atoms with Crippen molar-refractivity contribution in [3.05, 3.63) is 65.7 Å². The van der Waals surface area contributed by atoms with E-state index in [0.717, 1.165) is 16.9 Å². The van der Waals surface area contributed by atoms with Crippen molar-refractivity contribution < 1.29 is 22.6 Å². The molecule has 0 bridgehead atoms. The van der Waals surface area contributed by atoms with Crippen LogP contribution in [0, 0.1) is 0 Å². The van der Waals surface area contributed by atoms with Crippen LogP contribution in [-0.2, 0) is 32.6 Å². The predicted octanol–water partition coefficient (Wildman–Crippen LogP) is 2.40. The lowest BCUT2D eigenvalue weighted by Gasteiger charge is -2.32. The van der Waals surface area contributed by atoms with Crippen molar-refractivity contribution >= 4 is 10.0 Å². The lowest BCUT2D eigenvalue weighted by Crippen LogP contribution is -2.47. The summed E-state index contributed by atoms with van der Waals surface area (Å²) in [6.07, 6.45) is -0.277. The molecular weight excluding hydrogens is 354 g/mol. The number of hydrogen-bond acceptors (Lipinski definition) is 5. The number of nitrogens with zero attached hydrogens (tertiary/aromatic N) is 1. The first-order chi connectivity index (χ1) is 12.6. The van der Waals surface area contributed by atoms with Gasteiger partial charge in [-0.2, -0.15) is 4.31 Å². The van der Waals surface area contributed by atoms with Crippen molar-refractivity contribution in [3.63, 3.8) is 0 Å². The van der Waals surface area contributed by atoms with Crippen molar-refractivity contribution in [2.75, 3.05) is 26.2 Å². The fourth-order valence-electron chi connectivity index (χ4n) is 2.73. The smallest absolute Gasteiger partial charge is 0.238 e. The Kier molecular flexibility index (Phi) is 6.26. The summed E-state index contributed by atoms with van der Waals surface area (Å²) < 4.78 is 42.3. The molecule has 140 valence electrons. The summed E-state index contributed by atoms with van der Waals surface area (Å²) >= 11 is 0. The highest BCUT2D eigenvalue weighted by Crippen LogP contribution is 2.19. The molecule has 1 fully saturated rings. The fourth-order valence-corrected chi connectivity index (χ4v) is 3.98. The number of ether oxygens (including phenoxy) is 3. The third kappa shape index (κ3) is 5.04. The van der Waals surface area contributed by atoms with Crippen molar-refractivity contribution in [1.29, 1.82) is 0 Å². The van der Waals surface area contributed by atoms with Gasteiger partial charge in [0.15, 0.2) is 5.94 Å². The fraction of sp³-hybridized carbons (Fsp3) is 0.368. The van der Waals surface area contributed by atoms with E-state index in [-0.39, 0.29) is 18.6 Å². The van der Waals surface area contributed by atoms with E-state index in [1.165, 1.54) is 4.31 Å². The van der Waals surface area contributed by atoms with Crippen LogP contribution in [-0.4, -0.2) is 45.0 Å². The molecule has 2 aromatic rings. The number of sulfonamides is 1. The van der Waals surface area contributed by atoms with Crippen molar-refractivity contribution in [3.8, 4) is 5.75 Å². The third-order valence-electron chi connectivity index (χ3n) is 4.19. The van der Waals surface area contributed by atoms with Gasteiger partial charge in [-0.3, -0.25) is 0 Å². The highest BCUT2D eigenvalue weighted by atomic mass is 32.2. The Hall–Kier alpha value is -1.93. The first-order valence-electron chi connectivity index (χ1n) is 8.41. The zero-order chi connectivity index (χ0) is 18.4. The van der Waals surface area contributed by atoms with Crippen LogP contribution >= 0.6 is 0 Å². The van der Waals surface area contributed by atoms with E-state index in [1.807, 2.05) is 54.6 Å². The van der Waals surface area contributed by atoms with Crippen LogP contribution in [0.25, 0.3) is 0 Å². The minimum atomic E-state index is -3.42. The molecule has 7 heteroatoms. The molecule has 26 heavy (non-hydrogen) atoms. The van der Waals surface area contributed by atoms with Gasteiger partial charge in [0.2, 0.25) is 10.0 Å². The number of methoxy groups -OCH3 is 1. The van der Waals surface area contributed by atoms with Gasteiger partial charge in [-0.05, 0) is 23.3 Å². The molecule has 0 N–H and O–H groups in total. The minimum Gasteiger partial charge on any atom is -0.497 e. The molecule has 0 aliphatic carbocycles. The summed E-state index contributed by atoms with van der Waals surface area (Å²) in [6.45, 7) is 1.42. The van der Waals surface area contributed by atoms with Crippen LogP contribution < -0.4 is 4.74 Å². The molecule has 1 saturated heterocycles. The highest BCUT2D eigenvalue weighted by molar-refractivity contribution is 7.88. The Labute approximate surface area is 154 Å². The van der Waals surface area contributed by atoms with Gasteiger partial charge < -0.3 is 14.2 Å². The summed E-state index contributed by atoms with van der Waals surface area (Å²) in [5.74, 6) is 0.425. The average Bonchev–Trinajstić information content (AvgIpc) is 2.66. The molecule has 3 rings (SSSR count). The zero-order valence-corrected chi connectivity index (χ0v) is 15.5. The summed E-state index contributed by atoms with van der Waals surface area (Å²) in [5, 5.41) is 0. The lowest BCUT2D eigenvalue weighted by atomic mass is 10.2. The maximum Gasteiger partial charge on any atom is 0.238 e. The second kappa shape index (κ2) is 8.64. The van der Waals surface area contributed by atoms with Gasteiger partial charge in [-0.25, -0.2) is 8.42 Å². The van der Waals surface area contributed by atoms with Crippen molar-refractivity contribution in [2.45, 2.75) is 19.3 Å². The van der Waals surface area contributed by atoms with Gasteiger partial charge in [0.25, 0.3) is 0 Å². The summed E-state index contributed by atoms with van der Waals surface area (Å²) in [4.78, 5) is 0. The van der Waals surface area contributed by atoms with Crippen LogP contribution in [0.2, 0.25) is 0 Å². The minimum absolute atomic E-state index is 0.277. The molecule has 0 aromatic heterocycles. The van der Waals surface area contributed by atoms with Crippen LogP contribution in [0.4, 0.5) is 0 Å². The quantitative estimate of drug-likeness (QED) is 0.741. The molecular formula is C19H23NO5S. The maximum absolute atomic E-state index is 12.3. The molecule has 2 aromatic carbocycles. The van der Waals surface area contributed by atoms with E-state index in [4.69, 9.17) is 14.2 Å². The zero-order valence-electron chi connectivity index (χ0n) is 14.7. The van der Waals surface area contributed by atoms with Crippen molar-refractivity contribution in [2.24, 2.45) is 0 Å². The molecule has 6 nitrogen and oxygen atoms in total. The van der Waals surface area contributed by atoms with Gasteiger partial charge in [0.1, 0.15) is 5.75 Å². The van der Waals surface area contributed by atoms with Gasteiger partial charge in [-0.15, -0.1) is 0 Å². The van der Waals surface area contributed by atoms with Gasteiger partial charge in [0, 0.05) is 13.1 Å². The van der Waals surface area contributed by atoms with Crippen LogP contribution in [0.15, 0.2) is 54.6 Å². The average molecular weight is 377 g/mol. The monoisotopic (exact) mass is 377 g/mol. The van der Waals surface area contributed by atoms with Gasteiger partial charge in [-0.1, -0.05) is 42.5 Å². The Morgan fingerprint density at radius 1 is 1.08 bits per heavy atom. The molecule has 1 unspecified atom stereocenters. The maximum atomic E-state index is 12.3.